The molecule has 0 fully saturated rings. The summed E-state index contributed by atoms with van der Waals surface area (Å²) in [4.78, 5) is 11.7. The summed E-state index contributed by atoms with van der Waals surface area (Å²) >= 11 is 0. The average Bonchev–Trinajstić information content (AvgIpc) is 2.50. The number of benzene rings is 1. The van der Waals surface area contributed by atoms with E-state index in [0.717, 1.165) is 20.3 Å². The molecule has 124 valence electrons. The van der Waals surface area contributed by atoms with Crippen LogP contribution in [0.15, 0.2) is 18.2 Å². The van der Waals surface area contributed by atoms with Gasteiger partial charge in [-0.1, -0.05) is 17.5 Å². The number of rotatable bonds is 6. The van der Waals surface area contributed by atoms with Crippen LogP contribution in [0.25, 0.3) is 0 Å². The molecule has 10 heteroatoms. The lowest BCUT2D eigenvalue weighted by Gasteiger charge is -2.35. The average molecular weight is 343 g/mol. The number of amides is 1. The normalized spacial score (nSPS) is 12.4. The van der Waals surface area contributed by atoms with Crippen LogP contribution in [0.5, 0.6) is 0 Å². The molecule has 0 aromatic heterocycles. The summed E-state index contributed by atoms with van der Waals surface area (Å²) in [7, 11) is -2.66. The highest BCUT2D eigenvalue weighted by molar-refractivity contribution is 6.69. The van der Waals surface area contributed by atoms with E-state index in [4.69, 9.17) is 0 Å². The fourth-order valence-electron chi connectivity index (χ4n) is 1.88. The van der Waals surface area contributed by atoms with Crippen molar-refractivity contribution in [3.8, 4) is 0 Å². The Kier molecular flexibility index (Phi) is 5.65. The molecule has 0 atom stereocenters. The van der Waals surface area contributed by atoms with Crippen molar-refractivity contribution in [2.24, 2.45) is 0 Å². The van der Waals surface area contributed by atoms with Crippen LogP contribution in [0.1, 0.15) is 17.3 Å². The number of nitrogens with zero attached hydrogens (tertiary/aromatic N) is 1. The molecule has 1 amide bonds. The molecular weight excluding hydrogens is 329 g/mol. The molecule has 0 aliphatic heterocycles. The Morgan fingerprint density at radius 1 is 1.27 bits per heavy atom. The van der Waals surface area contributed by atoms with Crippen molar-refractivity contribution in [1.29, 1.82) is 0 Å². The Balaban J connectivity index is 3.25. The van der Waals surface area contributed by atoms with Gasteiger partial charge in [0.25, 0.3) is 5.91 Å². The predicted molar refractivity (Wildman–Crippen MR) is 68.8 cm³/mol. The number of hydrogen-bond donors (Lipinski definition) is 0. The summed E-state index contributed by atoms with van der Waals surface area (Å²) in [5.74, 6) is -5.20. The second-order valence-electron chi connectivity index (χ2n) is 4.24. The first-order valence-corrected chi connectivity index (χ1v) is 8.13. The Morgan fingerprint density at radius 2 is 1.82 bits per heavy atom. The minimum Gasteiger partial charge on any atom is -0.393 e. The Labute approximate surface area is 124 Å². The van der Waals surface area contributed by atoms with Crippen LogP contribution in [-0.2, 0) is 8.85 Å². The van der Waals surface area contributed by atoms with E-state index in [0.29, 0.717) is 12.1 Å². The first kappa shape index (κ1) is 18.5. The zero-order valence-corrected chi connectivity index (χ0v) is 13.0. The minimum atomic E-state index is -4.45. The van der Waals surface area contributed by atoms with Crippen molar-refractivity contribution in [2.45, 2.75) is 18.6 Å². The van der Waals surface area contributed by atoms with Gasteiger partial charge in [-0.25, -0.2) is 8.78 Å². The Bertz CT molecular complexity index is 545. The van der Waals surface area contributed by atoms with Gasteiger partial charge < -0.3 is 8.85 Å². The van der Waals surface area contributed by atoms with Crippen molar-refractivity contribution in [3.63, 3.8) is 0 Å². The second-order valence-corrected chi connectivity index (χ2v) is 7.87. The van der Waals surface area contributed by atoms with E-state index in [2.05, 4.69) is 8.85 Å². The number of carbonyl (C=O) groups excluding carboxylic acids is 1. The van der Waals surface area contributed by atoms with E-state index in [1.54, 1.807) is 0 Å². The van der Waals surface area contributed by atoms with Crippen LogP contribution in [0.3, 0.4) is 0 Å². The quantitative estimate of drug-likeness (QED) is 0.345. The molecule has 0 aliphatic carbocycles. The molecule has 0 N–H and O–H groups in total. The molecule has 1 rings (SSSR count). The van der Waals surface area contributed by atoms with Crippen LogP contribution < -0.4 is 0 Å². The van der Waals surface area contributed by atoms with Gasteiger partial charge in [0.15, 0.2) is 11.6 Å². The summed E-state index contributed by atoms with van der Waals surface area (Å²) in [5.41, 5.74) is -5.60. The highest BCUT2D eigenvalue weighted by Gasteiger charge is 2.65. The molecular formula is C12H14F5NO3Si. The van der Waals surface area contributed by atoms with Gasteiger partial charge in [0.1, 0.15) is 0 Å². The molecule has 0 heterocycles. The van der Waals surface area contributed by atoms with Gasteiger partial charge in [-0.05, 0) is 18.2 Å². The molecule has 0 radical (unpaired) electrons. The summed E-state index contributed by atoms with van der Waals surface area (Å²) in [6.07, 6.45) is 0. The maximum Gasteiger partial charge on any atom is 0.444 e. The van der Waals surface area contributed by atoms with Gasteiger partial charge in [-0.3, -0.25) is 4.79 Å². The smallest absolute Gasteiger partial charge is 0.393 e. The SMILES string of the molecule is CC[Si](OC)(OC)C(F)(F)N(F)C(=O)c1cccc(F)c1F. The van der Waals surface area contributed by atoms with Crippen LogP contribution in [0.2, 0.25) is 6.04 Å². The van der Waals surface area contributed by atoms with Gasteiger partial charge in [-0.2, -0.15) is 8.78 Å². The van der Waals surface area contributed by atoms with Crippen LogP contribution >= 0.6 is 0 Å². The highest BCUT2D eigenvalue weighted by atomic mass is 28.4. The van der Waals surface area contributed by atoms with E-state index in [-0.39, 0.29) is 6.04 Å². The first-order chi connectivity index (χ1) is 10.2. The zero-order chi connectivity index (χ0) is 17.1. The van der Waals surface area contributed by atoms with Gasteiger partial charge >= 0.3 is 14.2 Å². The third-order valence-corrected chi connectivity index (χ3v) is 6.55. The van der Waals surface area contributed by atoms with Crippen LogP contribution in [0, 0.1) is 11.6 Å². The van der Waals surface area contributed by atoms with E-state index in [1.807, 2.05) is 0 Å². The molecule has 4 nitrogen and oxygen atoms in total. The van der Waals surface area contributed by atoms with Gasteiger partial charge in [-0.15, -0.1) is 5.12 Å². The third-order valence-electron chi connectivity index (χ3n) is 3.19. The summed E-state index contributed by atoms with van der Waals surface area (Å²) in [6, 6.07) is 1.88. The predicted octanol–water partition coefficient (Wildman–Crippen LogP) is 3.18. The topological polar surface area (TPSA) is 38.8 Å². The molecule has 1 aromatic carbocycles. The second kappa shape index (κ2) is 6.71. The third kappa shape index (κ3) is 2.85. The number of halogens is 5. The van der Waals surface area contributed by atoms with E-state index >= 15 is 0 Å². The largest absolute Gasteiger partial charge is 0.444 e. The summed E-state index contributed by atoms with van der Waals surface area (Å²) < 4.78 is 78.2. The fraction of sp³-hybridized carbons (Fsp3) is 0.417. The van der Waals surface area contributed by atoms with Crippen molar-refractivity contribution in [1.82, 2.24) is 5.12 Å². The van der Waals surface area contributed by atoms with E-state index in [1.165, 1.54) is 6.92 Å². The fourth-order valence-corrected chi connectivity index (χ4v) is 3.94. The maximum absolute atomic E-state index is 14.2. The number of carbonyl (C=O) groups is 1. The van der Waals surface area contributed by atoms with E-state index < -0.39 is 42.5 Å². The number of hydrogen-bond acceptors (Lipinski definition) is 3. The van der Waals surface area contributed by atoms with Crippen molar-refractivity contribution < 1.29 is 35.7 Å². The highest BCUT2D eigenvalue weighted by Crippen LogP contribution is 2.36. The standard InChI is InChI=1S/C12H14F5NO3Si/c1-4-22(20-2,21-3)12(15,16)18(17)11(19)8-6-5-7-9(13)10(8)14/h5-7H,4H2,1-3H3. The molecule has 0 bridgehead atoms. The molecule has 0 aliphatic rings. The molecule has 0 saturated heterocycles. The molecule has 0 unspecified atom stereocenters. The van der Waals surface area contributed by atoms with E-state index in [9.17, 15) is 26.8 Å². The lowest BCUT2D eigenvalue weighted by Crippen LogP contribution is -2.64. The molecule has 0 saturated carbocycles. The Morgan fingerprint density at radius 3 is 2.27 bits per heavy atom. The Hall–Kier alpha value is -1.52. The van der Waals surface area contributed by atoms with Crippen molar-refractivity contribution >= 4 is 14.5 Å². The summed E-state index contributed by atoms with van der Waals surface area (Å²) in [5, 5.41) is -1.46. The molecule has 0 spiro atoms. The zero-order valence-electron chi connectivity index (χ0n) is 12.0. The monoisotopic (exact) mass is 343 g/mol. The van der Waals surface area contributed by atoms with Crippen molar-refractivity contribution in [2.75, 3.05) is 14.2 Å². The maximum atomic E-state index is 14.2. The lowest BCUT2D eigenvalue weighted by molar-refractivity contribution is -0.173. The lowest BCUT2D eigenvalue weighted by atomic mass is 10.2. The van der Waals surface area contributed by atoms with Gasteiger partial charge in [0, 0.05) is 14.2 Å². The van der Waals surface area contributed by atoms with Crippen molar-refractivity contribution in [3.05, 3.63) is 35.4 Å². The summed E-state index contributed by atoms with van der Waals surface area (Å²) in [6.45, 7) is 1.27. The minimum absolute atomic E-state index is 0.383. The molecule has 1 aromatic rings. The molecule has 22 heavy (non-hydrogen) atoms. The first-order valence-electron chi connectivity index (χ1n) is 6.11. The van der Waals surface area contributed by atoms with Gasteiger partial charge in [0.05, 0.1) is 5.56 Å². The van der Waals surface area contributed by atoms with Crippen LogP contribution in [-0.4, -0.2) is 39.5 Å². The van der Waals surface area contributed by atoms with Crippen LogP contribution in [0.4, 0.5) is 22.0 Å². The van der Waals surface area contributed by atoms with Gasteiger partial charge in [0.2, 0.25) is 0 Å². The number of alkyl halides is 2.